The third kappa shape index (κ3) is 2.87. The predicted molar refractivity (Wildman–Crippen MR) is 120 cm³/mol. The number of para-hydroxylation sites is 1. The first-order chi connectivity index (χ1) is 15.3. The van der Waals surface area contributed by atoms with Gasteiger partial charge in [-0.2, -0.15) is 9.57 Å². The SMILES string of the molecule is C=CCC1(CC=C)CN(S(=O)(=O)c2ccc(C)cc2)[C@H]2Oc3ccccc3C(=O)[C@]21C#N. The van der Waals surface area contributed by atoms with Crippen LogP contribution in [0.2, 0.25) is 0 Å². The van der Waals surface area contributed by atoms with Crippen molar-refractivity contribution in [1.29, 1.82) is 5.26 Å². The van der Waals surface area contributed by atoms with E-state index in [2.05, 4.69) is 19.2 Å². The van der Waals surface area contributed by atoms with Crippen molar-refractivity contribution in [2.75, 3.05) is 6.54 Å². The first-order valence-corrected chi connectivity index (χ1v) is 11.7. The van der Waals surface area contributed by atoms with Crippen molar-refractivity contribution < 1.29 is 17.9 Å². The molecule has 0 bridgehead atoms. The van der Waals surface area contributed by atoms with Crippen molar-refractivity contribution in [3.8, 4) is 11.8 Å². The van der Waals surface area contributed by atoms with Crippen LogP contribution in [-0.4, -0.2) is 31.3 Å². The summed E-state index contributed by atoms with van der Waals surface area (Å²) in [4.78, 5) is 14.0. The fourth-order valence-electron chi connectivity index (χ4n) is 4.94. The molecule has 0 amide bonds. The van der Waals surface area contributed by atoms with Crippen molar-refractivity contribution >= 4 is 15.8 Å². The summed E-state index contributed by atoms with van der Waals surface area (Å²) in [5.74, 6) is -0.164. The van der Waals surface area contributed by atoms with Gasteiger partial charge >= 0.3 is 0 Å². The molecule has 0 radical (unpaired) electrons. The number of hydrogen-bond donors (Lipinski definition) is 0. The third-order valence-corrected chi connectivity index (χ3v) is 8.34. The molecule has 0 unspecified atom stereocenters. The fraction of sp³-hybridized carbons (Fsp3) is 0.280. The van der Waals surface area contributed by atoms with E-state index in [1.165, 1.54) is 16.4 Å². The lowest BCUT2D eigenvalue weighted by molar-refractivity contribution is 0.00569. The van der Waals surface area contributed by atoms with Crippen molar-refractivity contribution in [2.24, 2.45) is 10.8 Å². The first-order valence-electron chi connectivity index (χ1n) is 10.3. The Morgan fingerprint density at radius 2 is 1.78 bits per heavy atom. The average molecular weight is 449 g/mol. The molecular weight excluding hydrogens is 424 g/mol. The van der Waals surface area contributed by atoms with Gasteiger partial charge in [-0.05, 0) is 44.0 Å². The quantitative estimate of drug-likeness (QED) is 0.617. The van der Waals surface area contributed by atoms with E-state index in [9.17, 15) is 18.5 Å². The molecular formula is C25H24N2O4S. The van der Waals surface area contributed by atoms with Crippen LogP contribution in [0.25, 0.3) is 0 Å². The average Bonchev–Trinajstić information content (AvgIpc) is 3.06. The summed E-state index contributed by atoms with van der Waals surface area (Å²) in [5, 5.41) is 10.5. The molecule has 2 atom stereocenters. The number of fused-ring (bicyclic) bond motifs is 2. The minimum Gasteiger partial charge on any atom is -0.471 e. The van der Waals surface area contributed by atoms with Crippen LogP contribution in [0, 0.1) is 29.1 Å². The Balaban J connectivity index is 1.98. The van der Waals surface area contributed by atoms with Crippen LogP contribution in [0.3, 0.4) is 0 Å². The Labute approximate surface area is 188 Å². The molecule has 1 saturated heterocycles. The van der Waals surface area contributed by atoms with E-state index >= 15 is 0 Å². The van der Waals surface area contributed by atoms with E-state index in [1.807, 2.05) is 6.92 Å². The molecule has 32 heavy (non-hydrogen) atoms. The topological polar surface area (TPSA) is 87.5 Å². The van der Waals surface area contributed by atoms with Crippen LogP contribution >= 0.6 is 0 Å². The lowest BCUT2D eigenvalue weighted by Gasteiger charge is -2.43. The van der Waals surface area contributed by atoms with Gasteiger partial charge in [0.15, 0.2) is 17.4 Å². The molecule has 4 rings (SSSR count). The van der Waals surface area contributed by atoms with Crippen molar-refractivity contribution in [3.05, 3.63) is 85.0 Å². The van der Waals surface area contributed by atoms with E-state index in [0.29, 0.717) is 0 Å². The number of hydrogen-bond acceptors (Lipinski definition) is 5. The lowest BCUT2D eigenvalue weighted by Crippen LogP contribution is -2.56. The van der Waals surface area contributed by atoms with Gasteiger partial charge in [-0.3, -0.25) is 4.79 Å². The summed E-state index contributed by atoms with van der Waals surface area (Å²) in [6.07, 6.45) is 2.44. The van der Waals surface area contributed by atoms with Gasteiger partial charge in [-0.1, -0.05) is 42.0 Å². The van der Waals surface area contributed by atoms with Gasteiger partial charge in [0.05, 0.1) is 16.5 Å². The van der Waals surface area contributed by atoms with Gasteiger partial charge in [0.1, 0.15) is 5.75 Å². The number of benzene rings is 2. The Hall–Kier alpha value is -3.21. The van der Waals surface area contributed by atoms with E-state index < -0.39 is 32.9 Å². The van der Waals surface area contributed by atoms with E-state index in [0.717, 1.165) is 5.56 Å². The van der Waals surface area contributed by atoms with Crippen LogP contribution in [-0.2, 0) is 10.0 Å². The molecule has 2 heterocycles. The smallest absolute Gasteiger partial charge is 0.246 e. The van der Waals surface area contributed by atoms with Crippen molar-refractivity contribution in [3.63, 3.8) is 0 Å². The summed E-state index contributed by atoms with van der Waals surface area (Å²) < 4.78 is 34.8. The van der Waals surface area contributed by atoms with E-state index in [1.54, 1.807) is 48.6 Å². The van der Waals surface area contributed by atoms with Gasteiger partial charge in [0.25, 0.3) is 0 Å². The highest BCUT2D eigenvalue weighted by Crippen LogP contribution is 2.60. The standard InChI is InChI=1S/C25H24N2O4S/c1-4-14-24(15-5-2)17-27(32(29,30)19-12-10-18(3)11-13-19)23-25(24,16-26)22(28)20-8-6-7-9-21(20)31-23/h4-13,23H,1-2,14-15,17H2,3H3/t23-,25+/m0/s1. The highest BCUT2D eigenvalue weighted by molar-refractivity contribution is 7.89. The largest absolute Gasteiger partial charge is 0.471 e. The Kier molecular flexibility index (Phi) is 5.32. The van der Waals surface area contributed by atoms with E-state index in [4.69, 9.17) is 4.74 Å². The number of ketones is 1. The van der Waals surface area contributed by atoms with Crippen LogP contribution in [0.5, 0.6) is 5.75 Å². The maximum absolute atomic E-state index is 13.9. The summed E-state index contributed by atoms with van der Waals surface area (Å²) in [6, 6.07) is 15.3. The van der Waals surface area contributed by atoms with Crippen molar-refractivity contribution in [2.45, 2.75) is 30.9 Å². The molecule has 0 aliphatic carbocycles. The number of sulfonamides is 1. The zero-order valence-electron chi connectivity index (χ0n) is 17.8. The highest BCUT2D eigenvalue weighted by Gasteiger charge is 2.72. The van der Waals surface area contributed by atoms with Gasteiger partial charge in [-0.15, -0.1) is 13.2 Å². The second-order valence-electron chi connectivity index (χ2n) is 8.34. The molecule has 2 aliphatic rings. The third-order valence-electron chi connectivity index (χ3n) is 6.53. The summed E-state index contributed by atoms with van der Waals surface area (Å²) in [7, 11) is -4.07. The fourth-order valence-corrected chi connectivity index (χ4v) is 6.56. The number of carbonyl (C=O) groups is 1. The lowest BCUT2D eigenvalue weighted by atomic mass is 9.58. The van der Waals surface area contributed by atoms with Crippen molar-refractivity contribution in [1.82, 2.24) is 4.31 Å². The molecule has 2 aliphatic heterocycles. The molecule has 0 spiro atoms. The zero-order chi connectivity index (χ0) is 23.1. The minimum absolute atomic E-state index is 0.0702. The first kappa shape index (κ1) is 22.0. The molecule has 0 N–H and O–H groups in total. The van der Waals surface area contributed by atoms with E-state index in [-0.39, 0.29) is 35.6 Å². The second kappa shape index (κ2) is 7.73. The van der Waals surface area contributed by atoms with Crippen LogP contribution < -0.4 is 4.74 Å². The number of nitriles is 1. The Morgan fingerprint density at radius 3 is 2.38 bits per heavy atom. The molecule has 164 valence electrons. The maximum Gasteiger partial charge on any atom is 0.246 e. The Morgan fingerprint density at radius 1 is 1.16 bits per heavy atom. The van der Waals surface area contributed by atoms with Gasteiger partial charge in [-0.25, -0.2) is 8.42 Å². The van der Waals surface area contributed by atoms with Crippen LogP contribution in [0.15, 0.2) is 78.7 Å². The number of allylic oxidation sites excluding steroid dienone is 2. The molecule has 2 aromatic rings. The molecule has 0 saturated carbocycles. The predicted octanol–water partition coefficient (Wildman–Crippen LogP) is 4.25. The molecule has 0 aromatic heterocycles. The Bertz CT molecular complexity index is 1230. The van der Waals surface area contributed by atoms with Gasteiger partial charge in [0.2, 0.25) is 10.0 Å². The normalized spacial score (nSPS) is 24.0. The van der Waals surface area contributed by atoms with Crippen LogP contribution in [0.4, 0.5) is 0 Å². The summed E-state index contributed by atoms with van der Waals surface area (Å²) >= 11 is 0. The molecule has 7 heteroatoms. The highest BCUT2D eigenvalue weighted by atomic mass is 32.2. The maximum atomic E-state index is 13.9. The van der Waals surface area contributed by atoms with Gasteiger partial charge in [0, 0.05) is 12.0 Å². The minimum atomic E-state index is -4.07. The monoisotopic (exact) mass is 448 g/mol. The summed E-state index contributed by atoms with van der Waals surface area (Å²) in [6.45, 7) is 9.43. The molecule has 6 nitrogen and oxygen atoms in total. The number of Topliss-reactive ketones (excluding diaryl/α,β-unsaturated/α-hetero) is 1. The number of nitrogens with zero attached hydrogens (tertiary/aromatic N) is 2. The number of carbonyl (C=O) groups excluding carboxylic acids is 1. The number of ether oxygens (including phenoxy) is 1. The zero-order valence-corrected chi connectivity index (χ0v) is 18.6. The number of aryl methyl sites for hydroxylation is 1. The molecule has 2 aromatic carbocycles. The van der Waals surface area contributed by atoms with Gasteiger partial charge < -0.3 is 4.74 Å². The van der Waals surface area contributed by atoms with Crippen LogP contribution in [0.1, 0.15) is 28.8 Å². The summed E-state index contributed by atoms with van der Waals surface area (Å²) in [5.41, 5.74) is -1.63. The number of rotatable bonds is 6. The molecule has 1 fully saturated rings. The second-order valence-corrected chi connectivity index (χ2v) is 10.2.